The Hall–Kier alpha value is -3.28. The van der Waals surface area contributed by atoms with Crippen molar-refractivity contribution in [3.05, 3.63) is 60.3 Å². The molecule has 0 unspecified atom stereocenters. The Morgan fingerprint density at radius 2 is 1.36 bits per heavy atom. The summed E-state index contributed by atoms with van der Waals surface area (Å²) in [7, 11) is 3.28. The first-order chi connectivity index (χ1) is 12.2. The Balaban J connectivity index is 1.82. The summed E-state index contributed by atoms with van der Waals surface area (Å²) in [4.78, 5) is 8.95. The van der Waals surface area contributed by atoms with E-state index in [0.29, 0.717) is 11.8 Å². The summed E-state index contributed by atoms with van der Waals surface area (Å²) < 4.78 is 10.5. The quantitative estimate of drug-likeness (QED) is 0.700. The van der Waals surface area contributed by atoms with Crippen LogP contribution in [0.3, 0.4) is 0 Å². The monoisotopic (exact) mass is 336 g/mol. The lowest BCUT2D eigenvalue weighted by Gasteiger charge is -2.11. The average molecular weight is 336 g/mol. The van der Waals surface area contributed by atoms with Crippen LogP contribution in [-0.4, -0.2) is 24.2 Å². The number of ether oxygens (including phenoxy) is 2. The summed E-state index contributed by atoms with van der Waals surface area (Å²) >= 11 is 0. The van der Waals surface area contributed by atoms with Gasteiger partial charge in [-0.15, -0.1) is 0 Å². The first-order valence-corrected chi connectivity index (χ1v) is 7.84. The van der Waals surface area contributed by atoms with Crippen LogP contribution in [0.1, 0.15) is 5.69 Å². The molecule has 128 valence electrons. The van der Waals surface area contributed by atoms with Crippen LogP contribution in [0, 0.1) is 6.92 Å². The summed E-state index contributed by atoms with van der Waals surface area (Å²) in [5.74, 6) is 2.77. The van der Waals surface area contributed by atoms with Gasteiger partial charge in [-0.25, -0.2) is 4.98 Å². The van der Waals surface area contributed by atoms with Gasteiger partial charge in [0.1, 0.15) is 17.3 Å². The van der Waals surface area contributed by atoms with E-state index in [4.69, 9.17) is 9.47 Å². The van der Waals surface area contributed by atoms with Gasteiger partial charge in [0.15, 0.2) is 0 Å². The molecule has 1 aromatic heterocycles. The maximum absolute atomic E-state index is 5.24. The predicted octanol–water partition coefficient (Wildman–Crippen LogP) is 4.29. The summed E-state index contributed by atoms with van der Waals surface area (Å²) in [5.41, 5.74) is 2.60. The number of nitrogens with one attached hydrogen (secondary N) is 2. The van der Waals surface area contributed by atoms with Gasteiger partial charge in [0, 0.05) is 35.3 Å². The van der Waals surface area contributed by atoms with Crippen LogP contribution in [0.25, 0.3) is 0 Å². The zero-order valence-corrected chi connectivity index (χ0v) is 14.4. The molecule has 0 amide bonds. The van der Waals surface area contributed by atoms with E-state index in [1.807, 2.05) is 61.5 Å². The van der Waals surface area contributed by atoms with Crippen LogP contribution >= 0.6 is 0 Å². The minimum absolute atomic E-state index is 0.513. The Morgan fingerprint density at radius 3 is 1.96 bits per heavy atom. The van der Waals surface area contributed by atoms with Crippen molar-refractivity contribution < 1.29 is 9.47 Å². The molecule has 25 heavy (non-hydrogen) atoms. The fraction of sp³-hybridized carbons (Fsp3) is 0.158. The van der Waals surface area contributed by atoms with E-state index >= 15 is 0 Å². The Morgan fingerprint density at radius 1 is 0.760 bits per heavy atom. The number of rotatable bonds is 6. The van der Waals surface area contributed by atoms with Crippen molar-refractivity contribution >= 4 is 23.1 Å². The van der Waals surface area contributed by atoms with Crippen molar-refractivity contribution in [2.24, 2.45) is 0 Å². The highest BCUT2D eigenvalue weighted by Gasteiger charge is 2.05. The number of aromatic nitrogens is 2. The molecule has 0 aliphatic heterocycles. The third-order valence-electron chi connectivity index (χ3n) is 3.52. The molecule has 2 N–H and O–H groups in total. The molecule has 0 radical (unpaired) electrons. The molecule has 6 nitrogen and oxygen atoms in total. The molecule has 3 rings (SSSR count). The van der Waals surface area contributed by atoms with Crippen LogP contribution < -0.4 is 20.1 Å². The van der Waals surface area contributed by atoms with Crippen molar-refractivity contribution in [3.8, 4) is 11.5 Å². The zero-order chi connectivity index (χ0) is 17.6. The molecule has 2 aromatic carbocycles. The predicted molar refractivity (Wildman–Crippen MR) is 99.3 cm³/mol. The maximum atomic E-state index is 5.24. The van der Waals surface area contributed by atoms with Gasteiger partial charge in [0.05, 0.1) is 14.2 Å². The molecule has 0 saturated heterocycles. The molecule has 0 spiro atoms. The summed E-state index contributed by atoms with van der Waals surface area (Å²) in [6.07, 6.45) is 0. The number of aryl methyl sites for hydroxylation is 1. The summed E-state index contributed by atoms with van der Waals surface area (Å²) in [6.45, 7) is 1.93. The summed E-state index contributed by atoms with van der Waals surface area (Å²) in [5, 5.41) is 6.47. The fourth-order valence-electron chi connectivity index (χ4n) is 2.37. The first-order valence-electron chi connectivity index (χ1n) is 7.84. The topological polar surface area (TPSA) is 68.3 Å². The van der Waals surface area contributed by atoms with Gasteiger partial charge in [-0.05, 0) is 31.2 Å². The average Bonchev–Trinajstić information content (AvgIpc) is 2.61. The lowest BCUT2D eigenvalue weighted by Crippen LogP contribution is -2.02. The van der Waals surface area contributed by atoms with Crippen molar-refractivity contribution in [2.75, 3.05) is 24.9 Å². The Kier molecular flexibility index (Phi) is 4.99. The SMILES string of the molecule is COc1cccc(Nc2cc(C)nc(Nc3cccc(OC)c3)n2)c1. The van der Waals surface area contributed by atoms with E-state index in [1.54, 1.807) is 14.2 Å². The molecule has 0 atom stereocenters. The summed E-state index contributed by atoms with van der Waals surface area (Å²) in [6, 6.07) is 17.2. The first kappa shape index (κ1) is 16.6. The third-order valence-corrected chi connectivity index (χ3v) is 3.52. The maximum Gasteiger partial charge on any atom is 0.229 e. The highest BCUT2D eigenvalue weighted by molar-refractivity contribution is 5.62. The van der Waals surface area contributed by atoms with Gasteiger partial charge in [0.25, 0.3) is 0 Å². The molecule has 0 aliphatic rings. The molecule has 3 aromatic rings. The van der Waals surface area contributed by atoms with E-state index in [0.717, 1.165) is 28.6 Å². The number of anilines is 4. The molecule has 6 heteroatoms. The van der Waals surface area contributed by atoms with E-state index in [9.17, 15) is 0 Å². The van der Waals surface area contributed by atoms with E-state index in [2.05, 4.69) is 20.6 Å². The number of hydrogen-bond acceptors (Lipinski definition) is 6. The number of nitrogens with zero attached hydrogens (tertiary/aromatic N) is 2. The van der Waals surface area contributed by atoms with Crippen LogP contribution in [0.15, 0.2) is 54.6 Å². The third kappa shape index (κ3) is 4.38. The smallest absolute Gasteiger partial charge is 0.229 e. The number of benzene rings is 2. The van der Waals surface area contributed by atoms with Crippen LogP contribution in [0.5, 0.6) is 11.5 Å². The standard InChI is InChI=1S/C19H20N4O2/c1-13-10-18(21-14-6-4-8-16(11-14)24-2)23-19(20-13)22-15-7-5-9-17(12-15)25-3/h4-12H,1-3H3,(H2,20,21,22,23). The second-order valence-corrected chi connectivity index (χ2v) is 5.43. The Bertz CT molecular complexity index is 800. The van der Waals surface area contributed by atoms with Crippen molar-refractivity contribution in [3.63, 3.8) is 0 Å². The minimum atomic E-state index is 0.513. The second kappa shape index (κ2) is 7.53. The van der Waals surface area contributed by atoms with Gasteiger partial charge in [-0.1, -0.05) is 12.1 Å². The molecule has 0 bridgehead atoms. The van der Waals surface area contributed by atoms with Crippen LogP contribution in [-0.2, 0) is 0 Å². The lowest BCUT2D eigenvalue weighted by molar-refractivity contribution is 0.415. The van der Waals surface area contributed by atoms with Gasteiger partial charge in [-0.3, -0.25) is 0 Å². The molecule has 0 aliphatic carbocycles. The van der Waals surface area contributed by atoms with Crippen molar-refractivity contribution in [1.29, 1.82) is 0 Å². The largest absolute Gasteiger partial charge is 0.497 e. The minimum Gasteiger partial charge on any atom is -0.497 e. The van der Waals surface area contributed by atoms with Gasteiger partial charge in [-0.2, -0.15) is 4.98 Å². The van der Waals surface area contributed by atoms with E-state index < -0.39 is 0 Å². The number of methoxy groups -OCH3 is 2. The molecule has 0 saturated carbocycles. The van der Waals surface area contributed by atoms with E-state index in [-0.39, 0.29) is 0 Å². The van der Waals surface area contributed by atoms with Gasteiger partial charge in [0.2, 0.25) is 5.95 Å². The molecular formula is C19H20N4O2. The molecule has 1 heterocycles. The highest BCUT2D eigenvalue weighted by atomic mass is 16.5. The van der Waals surface area contributed by atoms with Gasteiger partial charge >= 0.3 is 0 Å². The lowest BCUT2D eigenvalue weighted by atomic mass is 10.3. The second-order valence-electron chi connectivity index (χ2n) is 5.43. The normalized spacial score (nSPS) is 10.2. The van der Waals surface area contributed by atoms with Crippen molar-refractivity contribution in [2.45, 2.75) is 6.92 Å². The van der Waals surface area contributed by atoms with E-state index in [1.165, 1.54) is 0 Å². The number of hydrogen-bond donors (Lipinski definition) is 2. The highest BCUT2D eigenvalue weighted by Crippen LogP contribution is 2.23. The van der Waals surface area contributed by atoms with Gasteiger partial charge < -0.3 is 20.1 Å². The Labute approximate surface area is 146 Å². The van der Waals surface area contributed by atoms with Crippen LogP contribution in [0.4, 0.5) is 23.1 Å². The molecule has 0 fully saturated rings. The van der Waals surface area contributed by atoms with Crippen molar-refractivity contribution in [1.82, 2.24) is 9.97 Å². The van der Waals surface area contributed by atoms with Crippen LogP contribution in [0.2, 0.25) is 0 Å². The fourth-order valence-corrected chi connectivity index (χ4v) is 2.37. The zero-order valence-electron chi connectivity index (χ0n) is 14.4. The molecular weight excluding hydrogens is 316 g/mol.